The van der Waals surface area contributed by atoms with Crippen molar-refractivity contribution in [3.05, 3.63) is 34.3 Å². The van der Waals surface area contributed by atoms with Gasteiger partial charge in [-0.2, -0.15) is 0 Å². The van der Waals surface area contributed by atoms with Gasteiger partial charge in [-0.1, -0.05) is 23.4 Å². The Morgan fingerprint density at radius 1 is 1.53 bits per heavy atom. The van der Waals surface area contributed by atoms with Crippen LogP contribution in [0.2, 0.25) is 5.02 Å². The number of aryl methyl sites for hydroxylation is 1. The van der Waals surface area contributed by atoms with Crippen molar-refractivity contribution >= 4 is 17.6 Å². The zero-order valence-electron chi connectivity index (χ0n) is 8.63. The Labute approximate surface area is 94.2 Å². The normalized spacial score (nSPS) is 9.00. The summed E-state index contributed by atoms with van der Waals surface area (Å²) >= 11 is 5.87. The fourth-order valence-electron chi connectivity index (χ4n) is 1.01. The lowest BCUT2D eigenvalue weighted by Crippen LogP contribution is -1.97. The first kappa shape index (κ1) is 11.6. The van der Waals surface area contributed by atoms with Gasteiger partial charge < -0.3 is 4.74 Å². The third-order valence-electron chi connectivity index (χ3n) is 1.85. The van der Waals surface area contributed by atoms with Crippen LogP contribution in [0.3, 0.4) is 0 Å². The molecule has 1 aromatic carbocycles. The number of esters is 1. The van der Waals surface area contributed by atoms with Gasteiger partial charge in [0.1, 0.15) is 6.42 Å². The number of halogens is 1. The molecule has 2 nitrogen and oxygen atoms in total. The van der Waals surface area contributed by atoms with E-state index in [0.29, 0.717) is 5.02 Å². The number of methoxy groups -OCH3 is 1. The highest BCUT2D eigenvalue weighted by Gasteiger charge is 1.96. The van der Waals surface area contributed by atoms with E-state index in [1.807, 2.05) is 19.1 Å². The predicted molar refractivity (Wildman–Crippen MR) is 59.7 cm³/mol. The number of carbonyl (C=O) groups excluding carboxylic acids is 1. The molecule has 0 aliphatic rings. The van der Waals surface area contributed by atoms with Crippen molar-refractivity contribution in [3.63, 3.8) is 0 Å². The van der Waals surface area contributed by atoms with Crippen LogP contribution in [0.4, 0.5) is 0 Å². The SMILES string of the molecule is COC(=O)CC#Cc1ccc(Cl)c(C)c1. The molecule has 0 aromatic heterocycles. The fourth-order valence-corrected chi connectivity index (χ4v) is 1.13. The second kappa shape index (κ2) is 5.43. The molecular weight excluding hydrogens is 212 g/mol. The van der Waals surface area contributed by atoms with Gasteiger partial charge in [-0.3, -0.25) is 4.79 Å². The van der Waals surface area contributed by atoms with Crippen LogP contribution in [0, 0.1) is 18.8 Å². The van der Waals surface area contributed by atoms with E-state index in [1.165, 1.54) is 7.11 Å². The van der Waals surface area contributed by atoms with E-state index < -0.39 is 0 Å². The van der Waals surface area contributed by atoms with Gasteiger partial charge in [0.2, 0.25) is 0 Å². The molecule has 0 radical (unpaired) electrons. The van der Waals surface area contributed by atoms with Gasteiger partial charge in [-0.15, -0.1) is 0 Å². The minimum atomic E-state index is -0.326. The quantitative estimate of drug-likeness (QED) is 0.539. The first-order valence-corrected chi connectivity index (χ1v) is 4.83. The minimum Gasteiger partial charge on any atom is -0.468 e. The highest BCUT2D eigenvalue weighted by molar-refractivity contribution is 6.31. The predicted octanol–water partition coefficient (Wildman–Crippen LogP) is 2.56. The molecule has 0 unspecified atom stereocenters. The summed E-state index contributed by atoms with van der Waals surface area (Å²) in [5.74, 6) is 5.27. The van der Waals surface area contributed by atoms with Crippen LogP contribution in [0.25, 0.3) is 0 Å². The summed E-state index contributed by atoms with van der Waals surface area (Å²) in [6.45, 7) is 1.91. The smallest absolute Gasteiger partial charge is 0.317 e. The van der Waals surface area contributed by atoms with Gasteiger partial charge in [-0.25, -0.2) is 0 Å². The van der Waals surface area contributed by atoms with Gasteiger partial charge in [0.15, 0.2) is 0 Å². The zero-order valence-corrected chi connectivity index (χ0v) is 9.39. The lowest BCUT2D eigenvalue weighted by Gasteiger charge is -1.96. The molecule has 3 heteroatoms. The molecule has 0 N–H and O–H groups in total. The average Bonchev–Trinajstić information content (AvgIpc) is 2.23. The Balaban J connectivity index is 2.72. The maximum Gasteiger partial charge on any atom is 0.317 e. The molecule has 0 atom stereocenters. The largest absolute Gasteiger partial charge is 0.468 e. The summed E-state index contributed by atoms with van der Waals surface area (Å²) in [6.07, 6.45) is 0.109. The molecular formula is C12H11ClO2. The number of carbonyl (C=O) groups is 1. The van der Waals surface area contributed by atoms with Crippen molar-refractivity contribution < 1.29 is 9.53 Å². The van der Waals surface area contributed by atoms with Gasteiger partial charge in [0.25, 0.3) is 0 Å². The first-order chi connectivity index (χ1) is 7.13. The fraction of sp³-hybridized carbons (Fsp3) is 0.250. The van der Waals surface area contributed by atoms with Crippen LogP contribution in [-0.4, -0.2) is 13.1 Å². The molecule has 0 aliphatic carbocycles. The Bertz CT molecular complexity index is 427. The van der Waals surface area contributed by atoms with Gasteiger partial charge >= 0.3 is 5.97 Å². The summed E-state index contributed by atoms with van der Waals surface area (Å²) in [4.78, 5) is 10.8. The lowest BCUT2D eigenvalue weighted by atomic mass is 10.1. The van der Waals surface area contributed by atoms with Crippen molar-refractivity contribution in [1.29, 1.82) is 0 Å². The van der Waals surface area contributed by atoms with Crippen LogP contribution < -0.4 is 0 Å². The van der Waals surface area contributed by atoms with E-state index in [2.05, 4.69) is 16.6 Å². The van der Waals surface area contributed by atoms with E-state index in [0.717, 1.165) is 11.1 Å². The van der Waals surface area contributed by atoms with Crippen molar-refractivity contribution in [3.8, 4) is 11.8 Å². The maximum absolute atomic E-state index is 10.8. The molecule has 0 fully saturated rings. The molecule has 1 rings (SSSR count). The molecule has 1 aromatic rings. The highest BCUT2D eigenvalue weighted by Crippen LogP contribution is 2.15. The zero-order chi connectivity index (χ0) is 11.3. The third kappa shape index (κ3) is 3.65. The lowest BCUT2D eigenvalue weighted by molar-refractivity contribution is -0.139. The molecule has 15 heavy (non-hydrogen) atoms. The van der Waals surface area contributed by atoms with Crippen LogP contribution in [-0.2, 0) is 9.53 Å². The molecule has 0 amide bonds. The molecule has 0 saturated carbocycles. The summed E-state index contributed by atoms with van der Waals surface area (Å²) < 4.78 is 4.47. The molecule has 78 valence electrons. The molecule has 0 aliphatic heterocycles. The highest BCUT2D eigenvalue weighted by atomic mass is 35.5. The molecule has 0 heterocycles. The number of ether oxygens (including phenoxy) is 1. The number of hydrogen-bond acceptors (Lipinski definition) is 2. The van der Waals surface area contributed by atoms with E-state index >= 15 is 0 Å². The third-order valence-corrected chi connectivity index (χ3v) is 2.28. The van der Waals surface area contributed by atoms with Gasteiger partial charge in [0, 0.05) is 10.6 Å². The van der Waals surface area contributed by atoms with Crippen molar-refractivity contribution in [2.45, 2.75) is 13.3 Å². The van der Waals surface area contributed by atoms with E-state index in [9.17, 15) is 4.79 Å². The Kier molecular flexibility index (Phi) is 4.20. The van der Waals surface area contributed by atoms with E-state index in [1.54, 1.807) is 6.07 Å². The summed E-state index contributed by atoms with van der Waals surface area (Å²) in [7, 11) is 1.34. The van der Waals surface area contributed by atoms with Crippen molar-refractivity contribution in [2.75, 3.05) is 7.11 Å². The minimum absolute atomic E-state index is 0.109. The molecule has 0 bridgehead atoms. The summed E-state index contributed by atoms with van der Waals surface area (Å²) in [5.41, 5.74) is 1.82. The van der Waals surface area contributed by atoms with Gasteiger partial charge in [0.05, 0.1) is 7.11 Å². The Hall–Kier alpha value is -1.46. The number of rotatable bonds is 1. The number of benzene rings is 1. The second-order valence-corrected chi connectivity index (χ2v) is 3.43. The topological polar surface area (TPSA) is 26.3 Å². The molecule has 0 saturated heterocycles. The Morgan fingerprint density at radius 2 is 2.27 bits per heavy atom. The second-order valence-electron chi connectivity index (χ2n) is 3.02. The average molecular weight is 223 g/mol. The van der Waals surface area contributed by atoms with Crippen LogP contribution >= 0.6 is 11.6 Å². The van der Waals surface area contributed by atoms with Crippen molar-refractivity contribution in [2.24, 2.45) is 0 Å². The molecule has 0 spiro atoms. The first-order valence-electron chi connectivity index (χ1n) is 4.45. The van der Waals surface area contributed by atoms with E-state index in [-0.39, 0.29) is 12.4 Å². The van der Waals surface area contributed by atoms with Crippen LogP contribution in [0.1, 0.15) is 17.5 Å². The van der Waals surface area contributed by atoms with Crippen LogP contribution in [0.15, 0.2) is 18.2 Å². The summed E-state index contributed by atoms with van der Waals surface area (Å²) in [6, 6.07) is 5.49. The maximum atomic E-state index is 10.8. The van der Waals surface area contributed by atoms with Crippen molar-refractivity contribution in [1.82, 2.24) is 0 Å². The summed E-state index contributed by atoms with van der Waals surface area (Å²) in [5, 5.41) is 0.716. The standard InChI is InChI=1S/C12H11ClO2/c1-9-8-10(6-7-11(9)13)4-3-5-12(14)15-2/h6-8H,5H2,1-2H3. The monoisotopic (exact) mass is 222 g/mol. The van der Waals surface area contributed by atoms with Crippen LogP contribution in [0.5, 0.6) is 0 Å². The number of hydrogen-bond donors (Lipinski definition) is 0. The van der Waals surface area contributed by atoms with E-state index in [4.69, 9.17) is 11.6 Å². The Morgan fingerprint density at radius 3 is 2.87 bits per heavy atom. The van der Waals surface area contributed by atoms with Gasteiger partial charge in [-0.05, 0) is 30.7 Å².